The van der Waals surface area contributed by atoms with E-state index >= 15 is 0 Å². The molecular weight excluding hydrogens is 295 g/mol. The molecule has 1 unspecified atom stereocenters. The van der Waals surface area contributed by atoms with Gasteiger partial charge in [-0.2, -0.15) is 0 Å². The minimum atomic E-state index is -0.380. The number of hydrogen-bond acceptors (Lipinski definition) is 5. The molecule has 3 aromatic rings. The van der Waals surface area contributed by atoms with Gasteiger partial charge in [-0.05, 0) is 23.6 Å². The summed E-state index contributed by atoms with van der Waals surface area (Å²) >= 11 is 3.28. The lowest BCUT2D eigenvalue weighted by atomic mass is 10.0. The summed E-state index contributed by atoms with van der Waals surface area (Å²) in [5.74, 6) is 5.48. The Labute approximate surface area is 123 Å². The number of halogens is 1. The molecule has 2 aromatic heterocycles. The number of thiophene rings is 2. The van der Waals surface area contributed by atoms with Gasteiger partial charge in [0.05, 0.1) is 13.2 Å². The van der Waals surface area contributed by atoms with Crippen LogP contribution in [-0.4, -0.2) is 7.11 Å². The molecule has 6 heteroatoms. The Morgan fingerprint density at radius 3 is 2.85 bits per heavy atom. The first-order valence-electron chi connectivity index (χ1n) is 6.00. The molecule has 20 heavy (non-hydrogen) atoms. The van der Waals surface area contributed by atoms with E-state index in [1.54, 1.807) is 40.9 Å². The molecular formula is C14H13FN2OS2. The standard InChI is InChI=1S/C14H13FN2OS2/c1-18-9-4-2-3-8(13(9)15)14(17-16)12-7-11-10(20-12)5-6-19-11/h2-7,14,17H,16H2,1H3. The molecule has 0 radical (unpaired) electrons. The van der Waals surface area contributed by atoms with E-state index in [-0.39, 0.29) is 17.6 Å². The predicted molar refractivity (Wildman–Crippen MR) is 81.8 cm³/mol. The number of nitrogens with one attached hydrogen (secondary N) is 1. The Morgan fingerprint density at radius 2 is 2.15 bits per heavy atom. The number of hydrogen-bond donors (Lipinski definition) is 2. The second-order valence-corrected chi connectivity index (χ2v) is 6.32. The van der Waals surface area contributed by atoms with E-state index in [2.05, 4.69) is 11.5 Å². The predicted octanol–water partition coefficient (Wildman–Crippen LogP) is 3.66. The second kappa shape index (κ2) is 5.49. The molecule has 0 saturated carbocycles. The minimum Gasteiger partial charge on any atom is -0.494 e. The summed E-state index contributed by atoms with van der Waals surface area (Å²) < 4.78 is 21.8. The zero-order valence-corrected chi connectivity index (χ0v) is 12.4. The fourth-order valence-corrected chi connectivity index (χ4v) is 4.36. The van der Waals surface area contributed by atoms with E-state index in [1.807, 2.05) is 11.4 Å². The van der Waals surface area contributed by atoms with E-state index in [1.165, 1.54) is 16.5 Å². The van der Waals surface area contributed by atoms with Crippen molar-refractivity contribution in [2.24, 2.45) is 5.84 Å². The smallest absolute Gasteiger partial charge is 0.170 e. The van der Waals surface area contributed by atoms with Gasteiger partial charge >= 0.3 is 0 Å². The molecule has 0 aliphatic heterocycles. The van der Waals surface area contributed by atoms with Crippen molar-refractivity contribution in [3.63, 3.8) is 0 Å². The molecule has 1 aromatic carbocycles. The van der Waals surface area contributed by atoms with Crippen LogP contribution in [0.5, 0.6) is 5.75 Å². The Hall–Kier alpha value is -1.47. The van der Waals surface area contributed by atoms with Gasteiger partial charge in [-0.25, -0.2) is 9.82 Å². The fourth-order valence-electron chi connectivity index (χ4n) is 2.16. The molecule has 0 aliphatic carbocycles. The number of benzene rings is 1. The summed E-state index contributed by atoms with van der Waals surface area (Å²) in [5.41, 5.74) is 3.18. The largest absolute Gasteiger partial charge is 0.494 e. The third kappa shape index (κ3) is 2.20. The number of methoxy groups -OCH3 is 1. The van der Waals surface area contributed by atoms with Crippen molar-refractivity contribution in [3.8, 4) is 5.75 Å². The van der Waals surface area contributed by atoms with Crippen molar-refractivity contribution in [1.82, 2.24) is 5.43 Å². The molecule has 0 amide bonds. The Morgan fingerprint density at radius 1 is 1.30 bits per heavy atom. The lowest BCUT2D eigenvalue weighted by molar-refractivity contribution is 0.382. The molecule has 104 valence electrons. The highest BCUT2D eigenvalue weighted by atomic mass is 32.1. The van der Waals surface area contributed by atoms with Crippen molar-refractivity contribution in [3.05, 3.63) is 52.0 Å². The lowest BCUT2D eigenvalue weighted by Gasteiger charge is -2.16. The van der Waals surface area contributed by atoms with Gasteiger partial charge in [0.15, 0.2) is 11.6 Å². The highest BCUT2D eigenvalue weighted by Gasteiger charge is 2.21. The van der Waals surface area contributed by atoms with Gasteiger partial charge in [-0.15, -0.1) is 22.7 Å². The first-order valence-corrected chi connectivity index (χ1v) is 7.69. The van der Waals surface area contributed by atoms with E-state index in [0.29, 0.717) is 5.56 Å². The summed E-state index contributed by atoms with van der Waals surface area (Å²) in [5, 5.41) is 2.04. The van der Waals surface area contributed by atoms with Crippen LogP contribution >= 0.6 is 22.7 Å². The van der Waals surface area contributed by atoms with Gasteiger partial charge in [-0.1, -0.05) is 12.1 Å². The number of nitrogens with two attached hydrogens (primary N) is 1. The summed E-state index contributed by atoms with van der Waals surface area (Å²) in [6, 6.07) is 8.81. The van der Waals surface area contributed by atoms with Gasteiger partial charge < -0.3 is 4.74 Å². The Bertz CT molecular complexity index is 709. The van der Waals surface area contributed by atoms with E-state index in [4.69, 9.17) is 10.6 Å². The number of rotatable bonds is 4. The molecule has 3 N–H and O–H groups in total. The van der Waals surface area contributed by atoms with Crippen LogP contribution in [0.25, 0.3) is 9.40 Å². The van der Waals surface area contributed by atoms with Gasteiger partial charge in [0.25, 0.3) is 0 Å². The normalized spacial score (nSPS) is 12.8. The summed E-state index contributed by atoms with van der Waals surface area (Å²) in [4.78, 5) is 0.988. The molecule has 0 spiro atoms. The zero-order chi connectivity index (χ0) is 14.1. The van der Waals surface area contributed by atoms with Crippen molar-refractivity contribution < 1.29 is 9.13 Å². The first-order chi connectivity index (χ1) is 9.74. The monoisotopic (exact) mass is 308 g/mol. The maximum atomic E-state index is 14.4. The van der Waals surface area contributed by atoms with Crippen molar-refractivity contribution >= 4 is 32.1 Å². The van der Waals surface area contributed by atoms with Gasteiger partial charge in [0.2, 0.25) is 0 Å². The summed E-state index contributed by atoms with van der Waals surface area (Å²) in [7, 11) is 1.45. The molecule has 2 heterocycles. The van der Waals surface area contributed by atoms with Crippen LogP contribution in [0.2, 0.25) is 0 Å². The average molecular weight is 308 g/mol. The number of ether oxygens (including phenoxy) is 1. The number of fused-ring (bicyclic) bond motifs is 1. The molecule has 0 saturated heterocycles. The molecule has 3 nitrogen and oxygen atoms in total. The van der Waals surface area contributed by atoms with E-state index in [9.17, 15) is 4.39 Å². The summed E-state index contributed by atoms with van der Waals surface area (Å²) in [6.45, 7) is 0. The molecule has 1 atom stereocenters. The topological polar surface area (TPSA) is 47.3 Å². The van der Waals surface area contributed by atoms with Crippen LogP contribution in [0.1, 0.15) is 16.5 Å². The van der Waals surface area contributed by atoms with Crippen molar-refractivity contribution in [2.75, 3.05) is 7.11 Å². The first kappa shape index (κ1) is 13.5. The van der Waals surface area contributed by atoms with Crippen molar-refractivity contribution in [2.45, 2.75) is 6.04 Å². The highest BCUT2D eigenvalue weighted by molar-refractivity contribution is 7.27. The molecule has 3 rings (SSSR count). The molecule has 0 fully saturated rings. The van der Waals surface area contributed by atoms with Crippen LogP contribution in [0.15, 0.2) is 35.7 Å². The van der Waals surface area contributed by atoms with Crippen LogP contribution in [0.3, 0.4) is 0 Å². The Kier molecular flexibility index (Phi) is 3.71. The van der Waals surface area contributed by atoms with Gasteiger partial charge in [0.1, 0.15) is 0 Å². The zero-order valence-electron chi connectivity index (χ0n) is 10.7. The van der Waals surface area contributed by atoms with Crippen molar-refractivity contribution in [1.29, 1.82) is 0 Å². The van der Waals surface area contributed by atoms with Crippen LogP contribution < -0.4 is 16.0 Å². The average Bonchev–Trinajstić information content (AvgIpc) is 3.03. The van der Waals surface area contributed by atoms with Crippen LogP contribution in [0.4, 0.5) is 4.39 Å². The van der Waals surface area contributed by atoms with E-state index in [0.717, 1.165) is 4.88 Å². The van der Waals surface area contributed by atoms with Gasteiger partial charge in [-0.3, -0.25) is 5.84 Å². The maximum Gasteiger partial charge on any atom is 0.170 e. The SMILES string of the molecule is COc1cccc(C(NN)c2cc3sccc3s2)c1F. The lowest BCUT2D eigenvalue weighted by Crippen LogP contribution is -2.29. The fraction of sp³-hybridized carbons (Fsp3) is 0.143. The minimum absolute atomic E-state index is 0.223. The number of hydrazine groups is 1. The van der Waals surface area contributed by atoms with Gasteiger partial charge in [0, 0.05) is 19.8 Å². The maximum absolute atomic E-state index is 14.4. The highest BCUT2D eigenvalue weighted by Crippen LogP contribution is 2.37. The van der Waals surface area contributed by atoms with Crippen LogP contribution in [-0.2, 0) is 0 Å². The second-order valence-electron chi connectivity index (χ2n) is 4.26. The summed E-state index contributed by atoms with van der Waals surface area (Å²) in [6.07, 6.45) is 0. The third-order valence-corrected chi connectivity index (χ3v) is 5.29. The molecule has 0 bridgehead atoms. The van der Waals surface area contributed by atoms with Crippen LogP contribution in [0, 0.1) is 5.82 Å². The van der Waals surface area contributed by atoms with E-state index < -0.39 is 0 Å². The third-order valence-electron chi connectivity index (χ3n) is 3.13. The quantitative estimate of drug-likeness (QED) is 0.571. The molecule has 0 aliphatic rings. The Balaban J connectivity index is 2.07.